The maximum Gasteiger partial charge on any atom is 0.414 e. The van der Waals surface area contributed by atoms with E-state index in [1.165, 1.54) is 4.68 Å². The Hall–Kier alpha value is -3.82. The quantitative estimate of drug-likeness (QED) is 0.491. The van der Waals surface area contributed by atoms with E-state index in [2.05, 4.69) is 31.0 Å². The number of amides is 1. The van der Waals surface area contributed by atoms with E-state index in [-0.39, 0.29) is 12.5 Å². The molecule has 0 unspecified atom stereocenters. The summed E-state index contributed by atoms with van der Waals surface area (Å²) in [5.41, 5.74) is 1.43. The lowest BCUT2D eigenvalue weighted by Gasteiger charge is -2.19. The predicted molar refractivity (Wildman–Crippen MR) is 109 cm³/mol. The third kappa shape index (κ3) is 5.84. The normalized spacial score (nSPS) is 11.8. The maximum absolute atomic E-state index is 11.9. The van der Waals surface area contributed by atoms with E-state index in [1.807, 2.05) is 51.1 Å². The Morgan fingerprint density at radius 2 is 1.90 bits per heavy atom. The summed E-state index contributed by atoms with van der Waals surface area (Å²) in [6.07, 6.45) is -0.577. The van der Waals surface area contributed by atoms with Crippen LogP contribution in [0.2, 0.25) is 0 Å². The number of rotatable bonds is 6. The lowest BCUT2D eigenvalue weighted by molar-refractivity contribution is 0.127. The van der Waals surface area contributed by atoms with Crippen LogP contribution in [0.15, 0.2) is 53.7 Å². The lowest BCUT2D eigenvalue weighted by atomic mass is 10.1. The Morgan fingerprint density at radius 3 is 2.57 bits per heavy atom. The Morgan fingerprint density at radius 1 is 1.13 bits per heavy atom. The van der Waals surface area contributed by atoms with Gasteiger partial charge in [-0.2, -0.15) is 0 Å². The predicted octanol–water partition coefficient (Wildman–Crippen LogP) is 2.46. The second kappa shape index (κ2) is 9.12. The Bertz CT molecular complexity index is 1030. The van der Waals surface area contributed by atoms with E-state index in [0.717, 1.165) is 5.56 Å². The molecular weight excluding hydrogens is 386 g/mol. The summed E-state index contributed by atoms with van der Waals surface area (Å²) < 4.78 is 6.73. The molecule has 0 fully saturated rings. The molecule has 0 aliphatic heterocycles. The number of hydrogen-bond donors (Lipinski definition) is 1. The summed E-state index contributed by atoms with van der Waals surface area (Å²) >= 11 is 0. The van der Waals surface area contributed by atoms with Crippen LogP contribution in [-0.2, 0) is 18.5 Å². The lowest BCUT2D eigenvalue weighted by Crippen LogP contribution is -2.42. The molecule has 2 heterocycles. The van der Waals surface area contributed by atoms with Gasteiger partial charge >= 0.3 is 6.09 Å². The zero-order chi connectivity index (χ0) is 21.6. The van der Waals surface area contributed by atoms with Crippen molar-refractivity contribution in [3.05, 3.63) is 65.6 Å². The first-order valence-corrected chi connectivity index (χ1v) is 9.26. The van der Waals surface area contributed by atoms with Crippen molar-refractivity contribution < 1.29 is 14.4 Å². The Labute approximate surface area is 173 Å². The summed E-state index contributed by atoms with van der Waals surface area (Å²) in [5.74, 6) is 0.632. The van der Waals surface area contributed by atoms with Crippen LogP contribution in [0.3, 0.4) is 0 Å². The third-order valence-corrected chi connectivity index (χ3v) is 3.70. The molecule has 3 rings (SSSR count). The highest BCUT2D eigenvalue weighted by molar-refractivity contribution is 6.10. The van der Waals surface area contributed by atoms with Gasteiger partial charge in [0.2, 0.25) is 11.7 Å². The molecule has 1 aromatic carbocycles. The standard InChI is InChI=1S/C20H23N7O3/c1-20(2,3)22-19(28)30-16-12-8-11-15(21-16)13-29-24-17(14-9-6-5-7-10-14)18-23-25-26-27(18)4/h5-12H,13H2,1-4H3,(H,22,28). The van der Waals surface area contributed by atoms with Crippen molar-refractivity contribution in [3.8, 4) is 5.88 Å². The molecule has 1 N–H and O–H groups in total. The molecule has 0 bridgehead atoms. The minimum atomic E-state index is -0.577. The van der Waals surface area contributed by atoms with Gasteiger partial charge in [-0.25, -0.2) is 14.5 Å². The van der Waals surface area contributed by atoms with Crippen LogP contribution in [0.5, 0.6) is 5.88 Å². The number of carbonyl (C=O) groups is 1. The fourth-order valence-corrected chi connectivity index (χ4v) is 2.43. The summed E-state index contributed by atoms with van der Waals surface area (Å²) in [6.45, 7) is 5.66. The van der Waals surface area contributed by atoms with Crippen molar-refractivity contribution in [1.29, 1.82) is 0 Å². The van der Waals surface area contributed by atoms with Crippen molar-refractivity contribution >= 4 is 11.8 Å². The number of hydrogen-bond acceptors (Lipinski definition) is 8. The highest BCUT2D eigenvalue weighted by Gasteiger charge is 2.16. The molecule has 0 saturated carbocycles. The zero-order valence-electron chi connectivity index (χ0n) is 17.2. The molecule has 10 nitrogen and oxygen atoms in total. The molecule has 30 heavy (non-hydrogen) atoms. The van der Waals surface area contributed by atoms with Crippen LogP contribution in [0, 0.1) is 0 Å². The van der Waals surface area contributed by atoms with Crippen molar-refractivity contribution in [2.45, 2.75) is 32.9 Å². The van der Waals surface area contributed by atoms with Crippen molar-refractivity contribution in [2.75, 3.05) is 0 Å². The highest BCUT2D eigenvalue weighted by Crippen LogP contribution is 2.12. The number of tetrazole rings is 1. The van der Waals surface area contributed by atoms with E-state index in [1.54, 1.807) is 25.2 Å². The molecular formula is C20H23N7O3. The van der Waals surface area contributed by atoms with Crippen LogP contribution in [0.25, 0.3) is 0 Å². The van der Waals surface area contributed by atoms with E-state index >= 15 is 0 Å². The largest absolute Gasteiger partial charge is 0.414 e. The summed E-state index contributed by atoms with van der Waals surface area (Å²) in [5, 5.41) is 18.4. The van der Waals surface area contributed by atoms with Gasteiger partial charge in [-0.15, -0.1) is 5.10 Å². The molecule has 156 valence electrons. The van der Waals surface area contributed by atoms with Gasteiger partial charge in [-0.1, -0.05) is 41.6 Å². The molecule has 0 saturated heterocycles. The maximum atomic E-state index is 11.9. The number of pyridine rings is 1. The number of oxime groups is 1. The van der Waals surface area contributed by atoms with Gasteiger partial charge in [0.15, 0.2) is 12.3 Å². The zero-order valence-corrected chi connectivity index (χ0v) is 17.2. The first-order chi connectivity index (χ1) is 14.3. The van der Waals surface area contributed by atoms with E-state index in [4.69, 9.17) is 9.57 Å². The smallest absolute Gasteiger partial charge is 0.391 e. The molecule has 2 aromatic heterocycles. The van der Waals surface area contributed by atoms with Crippen molar-refractivity contribution in [3.63, 3.8) is 0 Å². The molecule has 1 amide bonds. The minimum absolute atomic E-state index is 0.0692. The van der Waals surface area contributed by atoms with Crippen LogP contribution in [-0.4, -0.2) is 42.5 Å². The molecule has 3 aromatic rings. The first kappa shape index (κ1) is 20.9. The number of carbonyl (C=O) groups excluding carboxylic acids is 1. The summed E-state index contributed by atoms with van der Waals surface area (Å²) in [7, 11) is 1.72. The fraction of sp³-hybridized carbons (Fsp3) is 0.300. The fourth-order valence-electron chi connectivity index (χ4n) is 2.43. The molecule has 0 radical (unpaired) electrons. The average molecular weight is 409 g/mol. The van der Waals surface area contributed by atoms with Crippen molar-refractivity contribution in [2.24, 2.45) is 12.2 Å². The van der Waals surface area contributed by atoms with Crippen LogP contribution < -0.4 is 10.1 Å². The van der Waals surface area contributed by atoms with E-state index in [0.29, 0.717) is 17.2 Å². The molecule has 0 spiro atoms. The van der Waals surface area contributed by atoms with Gasteiger partial charge in [0.25, 0.3) is 0 Å². The first-order valence-electron chi connectivity index (χ1n) is 9.26. The van der Waals surface area contributed by atoms with Gasteiger partial charge < -0.3 is 14.9 Å². The molecule has 0 atom stereocenters. The topological polar surface area (TPSA) is 116 Å². The second-order valence-electron chi connectivity index (χ2n) is 7.44. The van der Waals surface area contributed by atoms with Gasteiger partial charge in [0.1, 0.15) is 0 Å². The monoisotopic (exact) mass is 409 g/mol. The van der Waals surface area contributed by atoms with Gasteiger partial charge in [-0.05, 0) is 37.3 Å². The Kier molecular flexibility index (Phi) is 6.35. The number of aryl methyl sites for hydroxylation is 1. The van der Waals surface area contributed by atoms with Gasteiger partial charge in [0, 0.05) is 24.2 Å². The third-order valence-electron chi connectivity index (χ3n) is 3.70. The molecule has 10 heteroatoms. The van der Waals surface area contributed by atoms with Crippen LogP contribution >= 0.6 is 0 Å². The molecule has 0 aliphatic rings. The summed E-state index contributed by atoms with van der Waals surface area (Å²) in [6, 6.07) is 14.5. The second-order valence-corrected chi connectivity index (χ2v) is 7.44. The average Bonchev–Trinajstić information content (AvgIpc) is 3.10. The highest BCUT2D eigenvalue weighted by atomic mass is 16.6. The number of nitrogens with one attached hydrogen (secondary N) is 1. The number of nitrogens with zero attached hydrogens (tertiary/aromatic N) is 6. The van der Waals surface area contributed by atoms with Gasteiger partial charge in [0.05, 0.1) is 5.69 Å². The van der Waals surface area contributed by atoms with E-state index in [9.17, 15) is 4.79 Å². The minimum Gasteiger partial charge on any atom is -0.391 e. The summed E-state index contributed by atoms with van der Waals surface area (Å²) in [4.78, 5) is 21.7. The van der Waals surface area contributed by atoms with Crippen LogP contribution in [0.1, 0.15) is 37.9 Å². The number of benzene rings is 1. The van der Waals surface area contributed by atoms with Crippen LogP contribution in [0.4, 0.5) is 4.79 Å². The van der Waals surface area contributed by atoms with Gasteiger partial charge in [-0.3, -0.25) is 0 Å². The SMILES string of the molecule is Cn1nnnc1C(=NOCc1cccc(OC(=O)NC(C)(C)C)n1)c1ccccc1. The Balaban J connectivity index is 1.71. The number of aromatic nitrogens is 5. The van der Waals surface area contributed by atoms with Crippen molar-refractivity contribution in [1.82, 2.24) is 30.5 Å². The van der Waals surface area contributed by atoms with E-state index < -0.39 is 11.6 Å². The molecule has 0 aliphatic carbocycles. The number of ether oxygens (including phenoxy) is 1.